The minimum atomic E-state index is -1.53. The van der Waals surface area contributed by atoms with Gasteiger partial charge in [0.2, 0.25) is 0 Å². The van der Waals surface area contributed by atoms with Crippen molar-refractivity contribution in [3.8, 4) is 0 Å². The van der Waals surface area contributed by atoms with Crippen molar-refractivity contribution in [2.45, 2.75) is 0 Å². The van der Waals surface area contributed by atoms with Gasteiger partial charge in [-0.05, 0) is 0 Å². The van der Waals surface area contributed by atoms with Gasteiger partial charge in [-0.25, -0.2) is 0 Å². The van der Waals surface area contributed by atoms with Gasteiger partial charge in [0.1, 0.15) is 0 Å². The van der Waals surface area contributed by atoms with Gasteiger partial charge in [-0.1, -0.05) is 0 Å². The zero-order chi connectivity index (χ0) is 15.7. The first kappa shape index (κ1) is 25.2. The van der Waals surface area contributed by atoms with E-state index in [0.717, 1.165) is 9.80 Å². The number of hydrogen-bond donors (Lipinski definition) is 1. The number of rotatable bonds is 11. The number of carboxylic acid groups (broad SMARTS) is 4. The summed E-state index contributed by atoms with van der Waals surface area (Å²) in [4.78, 5) is 43.4. The number of aliphatic carboxylic acids is 4. The van der Waals surface area contributed by atoms with Gasteiger partial charge in [-0.3, -0.25) is 9.80 Å². The van der Waals surface area contributed by atoms with Crippen molar-refractivity contribution in [3.05, 3.63) is 0 Å². The van der Waals surface area contributed by atoms with Crippen LogP contribution in [0.2, 0.25) is 0 Å². The topological polar surface area (TPSA) is 204 Å². The molecule has 0 spiro atoms. The number of carbonyl (C=O) groups is 4. The van der Waals surface area contributed by atoms with Crippen LogP contribution < -0.4 is 26.6 Å². The predicted octanol–water partition coefficient (Wildman–Crippen LogP) is -7.04. The summed E-state index contributed by atoms with van der Waals surface area (Å²) in [5.41, 5.74) is 0. The van der Waals surface area contributed by atoms with Gasteiger partial charge in [0.25, 0.3) is 0 Å². The fourth-order valence-corrected chi connectivity index (χ4v) is 1.44. The van der Waals surface area contributed by atoms with Crippen LogP contribution in [0.1, 0.15) is 0 Å². The summed E-state index contributed by atoms with van der Waals surface area (Å²) >= 11 is 0. The first-order valence-electron chi connectivity index (χ1n) is 5.44. The molecule has 4 N–H and O–H groups in total. The Balaban J connectivity index is -0.00000180. The molecule has 0 unspecified atom stereocenters. The Morgan fingerprint density at radius 1 is 0.591 bits per heavy atom. The van der Waals surface area contributed by atoms with E-state index in [1.807, 2.05) is 0 Å². The maximum Gasteiger partial charge on any atom is 0.0555 e. The normalized spacial score (nSPS) is 9.73. The van der Waals surface area contributed by atoms with Crippen molar-refractivity contribution in [3.63, 3.8) is 0 Å². The van der Waals surface area contributed by atoms with E-state index in [4.69, 9.17) is 0 Å². The number of carboxylic acids is 4. The third kappa shape index (κ3) is 14.7. The molecule has 0 aromatic heterocycles. The van der Waals surface area contributed by atoms with Gasteiger partial charge in [0.15, 0.2) is 0 Å². The smallest absolute Gasteiger partial charge is 0.0555 e. The molecule has 22 heavy (non-hydrogen) atoms. The molecule has 0 aromatic rings. The number of carbonyl (C=O) groups excluding carboxylic acids is 4. The van der Waals surface area contributed by atoms with Crippen LogP contribution in [0.15, 0.2) is 0 Å². The second-order valence-electron chi connectivity index (χ2n) is 3.91. The summed E-state index contributed by atoms with van der Waals surface area (Å²) in [6.07, 6.45) is 0. The Hall–Kier alpha value is -1.72. The largest absolute Gasteiger partial charge is 0.549 e. The molecular formula is C10H16FeN3O8-3. The zero-order valence-corrected chi connectivity index (χ0v) is 12.9. The Bertz CT molecular complexity index is 324. The molecule has 0 bridgehead atoms. The van der Waals surface area contributed by atoms with E-state index in [1.54, 1.807) is 0 Å². The molecule has 0 aliphatic heterocycles. The summed E-state index contributed by atoms with van der Waals surface area (Å²) in [5.74, 6) is -6.12. The first-order chi connectivity index (χ1) is 9.20. The van der Waals surface area contributed by atoms with E-state index < -0.39 is 50.1 Å². The molecule has 0 amide bonds. The van der Waals surface area contributed by atoms with E-state index in [1.165, 1.54) is 0 Å². The monoisotopic (exact) mass is 362 g/mol. The van der Waals surface area contributed by atoms with Crippen molar-refractivity contribution in [2.24, 2.45) is 0 Å². The van der Waals surface area contributed by atoms with Crippen LogP contribution in [0.25, 0.3) is 0 Å². The van der Waals surface area contributed by atoms with Gasteiger partial charge < -0.3 is 45.8 Å². The fraction of sp³-hybridized carbons (Fsp3) is 0.600. The van der Waals surface area contributed by atoms with Crippen LogP contribution in [-0.2, 0) is 36.2 Å². The van der Waals surface area contributed by atoms with Crippen molar-refractivity contribution in [1.82, 2.24) is 16.0 Å². The molecule has 130 valence electrons. The predicted molar refractivity (Wildman–Crippen MR) is 58.9 cm³/mol. The van der Waals surface area contributed by atoms with Crippen LogP contribution in [0.4, 0.5) is 0 Å². The van der Waals surface area contributed by atoms with E-state index in [-0.39, 0.29) is 36.3 Å². The van der Waals surface area contributed by atoms with Crippen molar-refractivity contribution in [1.29, 1.82) is 0 Å². The van der Waals surface area contributed by atoms with Crippen molar-refractivity contribution < 1.29 is 56.7 Å². The number of hydrogen-bond acceptors (Lipinski definition) is 10. The number of nitrogens with zero attached hydrogens (tertiary/aromatic N) is 2. The summed E-state index contributed by atoms with van der Waals surface area (Å²) in [5, 5.41) is 41.6. The van der Waals surface area contributed by atoms with Gasteiger partial charge in [-0.2, -0.15) is 0 Å². The second-order valence-corrected chi connectivity index (χ2v) is 3.91. The quantitative estimate of drug-likeness (QED) is 0.344. The third-order valence-corrected chi connectivity index (χ3v) is 2.14. The average Bonchev–Trinajstić information content (AvgIpc) is 2.22. The molecule has 0 aliphatic carbocycles. The third-order valence-electron chi connectivity index (χ3n) is 2.14. The van der Waals surface area contributed by atoms with E-state index in [0.29, 0.717) is 0 Å². The fourth-order valence-electron chi connectivity index (χ4n) is 1.44. The molecule has 11 nitrogen and oxygen atoms in total. The van der Waals surface area contributed by atoms with E-state index in [2.05, 4.69) is 0 Å². The van der Waals surface area contributed by atoms with Crippen LogP contribution in [0.3, 0.4) is 0 Å². The summed E-state index contributed by atoms with van der Waals surface area (Å²) in [6, 6.07) is 0. The van der Waals surface area contributed by atoms with Crippen molar-refractivity contribution in [2.75, 3.05) is 39.3 Å². The standard InChI is InChI=1S/C10H16N2O8.Fe.H3N/c13-7(14)3-11(4-8(15)16)1-2-12(5-9(17)18)6-10(19)20;;/h1-6H2,(H,13,14)(H,15,16)(H,17,18)(H,19,20);;1H3/p-3. The van der Waals surface area contributed by atoms with Crippen molar-refractivity contribution >= 4 is 23.9 Å². The minimum Gasteiger partial charge on any atom is -0.549 e. The Kier molecular flexibility index (Phi) is 14.9. The summed E-state index contributed by atoms with van der Waals surface area (Å²) in [7, 11) is 0. The average molecular weight is 362 g/mol. The second kappa shape index (κ2) is 13.0. The molecule has 0 rings (SSSR count). The molecule has 0 saturated carbocycles. The zero-order valence-electron chi connectivity index (χ0n) is 11.8. The maximum absolute atomic E-state index is 10.4. The SMILES string of the molecule is O=C([O-])CN(CCN(CC(=O)[O-])CC(=O)[O-])CC(=O)[O-].[Fe].[NH4+]. The number of quaternary nitrogens is 1. The van der Waals surface area contributed by atoms with Crippen LogP contribution in [0.5, 0.6) is 0 Å². The van der Waals surface area contributed by atoms with E-state index in [9.17, 15) is 39.6 Å². The van der Waals surface area contributed by atoms with Crippen LogP contribution in [0, 0.1) is 0 Å². The van der Waals surface area contributed by atoms with Gasteiger partial charge in [-0.15, -0.1) is 0 Å². The summed E-state index contributed by atoms with van der Waals surface area (Å²) < 4.78 is 0. The molecule has 12 heteroatoms. The molecule has 0 aromatic carbocycles. The molecule has 0 heterocycles. The van der Waals surface area contributed by atoms with Crippen LogP contribution >= 0.6 is 0 Å². The maximum atomic E-state index is 10.4. The molecular weight excluding hydrogens is 346 g/mol. The first-order valence-corrected chi connectivity index (χ1v) is 5.44. The minimum absolute atomic E-state index is 0. The molecule has 0 saturated heterocycles. The van der Waals surface area contributed by atoms with Gasteiger partial charge >= 0.3 is 0 Å². The van der Waals surface area contributed by atoms with Gasteiger partial charge in [0.05, 0.1) is 23.9 Å². The van der Waals surface area contributed by atoms with Gasteiger partial charge in [0, 0.05) is 56.3 Å². The van der Waals surface area contributed by atoms with Crippen LogP contribution in [-0.4, -0.2) is 72.9 Å². The molecule has 0 atom stereocenters. The summed E-state index contributed by atoms with van der Waals surface area (Å²) in [6.45, 7) is -3.25. The molecule has 0 radical (unpaired) electrons. The Morgan fingerprint density at radius 2 is 0.773 bits per heavy atom. The Morgan fingerprint density at radius 3 is 0.909 bits per heavy atom. The Labute approximate surface area is 136 Å². The molecule has 0 fully saturated rings. The molecule has 0 aliphatic rings. The van der Waals surface area contributed by atoms with E-state index >= 15 is 0 Å².